The monoisotopic (exact) mass is 357 g/mol. The molecule has 0 saturated heterocycles. The van der Waals surface area contributed by atoms with E-state index in [1.807, 2.05) is 74.5 Å². The van der Waals surface area contributed by atoms with Crippen molar-refractivity contribution in [2.75, 3.05) is 4.90 Å². The summed E-state index contributed by atoms with van der Waals surface area (Å²) in [6.07, 6.45) is 0. The minimum Gasteiger partial charge on any atom is -0.336 e. The number of aryl methyl sites for hydroxylation is 2. The number of nitrogens with zero attached hydrogens (tertiary/aromatic N) is 3. The van der Waals surface area contributed by atoms with Gasteiger partial charge in [0, 0.05) is 11.4 Å². The van der Waals surface area contributed by atoms with Gasteiger partial charge in [-0.25, -0.2) is 4.98 Å². The highest BCUT2D eigenvalue weighted by molar-refractivity contribution is 6.13. The van der Waals surface area contributed by atoms with Crippen molar-refractivity contribution in [3.05, 3.63) is 89.2 Å². The maximum absolute atomic E-state index is 13.6. The first-order valence-electron chi connectivity index (χ1n) is 8.78. The van der Waals surface area contributed by atoms with Gasteiger partial charge in [0.05, 0.1) is 23.2 Å². The van der Waals surface area contributed by atoms with E-state index in [-0.39, 0.29) is 5.91 Å². The Balaban J connectivity index is 1.83. The number of benzene rings is 2. The lowest BCUT2D eigenvalue weighted by molar-refractivity contribution is 0.0986. The van der Waals surface area contributed by atoms with E-state index in [1.54, 1.807) is 11.0 Å². The molecule has 0 N–H and O–H groups in total. The van der Waals surface area contributed by atoms with Crippen LogP contribution in [0.4, 0.5) is 5.69 Å². The van der Waals surface area contributed by atoms with Crippen molar-refractivity contribution in [1.29, 1.82) is 0 Å². The Morgan fingerprint density at radius 3 is 2.37 bits per heavy atom. The number of fused-ring (bicyclic) bond motifs is 1. The summed E-state index contributed by atoms with van der Waals surface area (Å²) >= 11 is 0. The summed E-state index contributed by atoms with van der Waals surface area (Å²) < 4.78 is 5.29. The molecule has 2 aromatic carbocycles. The van der Waals surface area contributed by atoms with E-state index in [0.29, 0.717) is 28.9 Å². The number of amides is 1. The Morgan fingerprint density at radius 1 is 1.00 bits per heavy atom. The van der Waals surface area contributed by atoms with Crippen molar-refractivity contribution >= 4 is 22.7 Å². The van der Waals surface area contributed by atoms with Crippen LogP contribution in [0.15, 0.2) is 71.3 Å². The molecule has 2 aromatic heterocycles. The SMILES string of the molecule is Cc1cc(C(=O)N(Cc2ccccc2)c2ccccc2)c2c(C)noc2n1. The van der Waals surface area contributed by atoms with Crippen LogP contribution in [0.2, 0.25) is 0 Å². The minimum absolute atomic E-state index is 0.105. The number of hydrogen-bond acceptors (Lipinski definition) is 4. The van der Waals surface area contributed by atoms with Crippen LogP contribution < -0.4 is 4.90 Å². The molecule has 0 unspecified atom stereocenters. The third kappa shape index (κ3) is 3.31. The number of para-hydroxylation sites is 1. The minimum atomic E-state index is -0.105. The third-order valence-electron chi connectivity index (χ3n) is 4.47. The summed E-state index contributed by atoms with van der Waals surface area (Å²) in [5, 5.41) is 4.65. The molecule has 4 rings (SSSR count). The standard InChI is InChI=1S/C22H19N3O2/c1-15-13-19(20-16(2)24-27-21(20)23-15)22(26)25(18-11-7-4-8-12-18)14-17-9-5-3-6-10-17/h3-13H,14H2,1-2H3. The van der Waals surface area contributed by atoms with Crippen molar-refractivity contribution in [1.82, 2.24) is 10.1 Å². The third-order valence-corrected chi connectivity index (χ3v) is 4.47. The molecule has 0 spiro atoms. The summed E-state index contributed by atoms with van der Waals surface area (Å²) in [6.45, 7) is 4.14. The van der Waals surface area contributed by atoms with Gasteiger partial charge in [0.25, 0.3) is 11.6 Å². The summed E-state index contributed by atoms with van der Waals surface area (Å²) in [6, 6.07) is 21.4. The molecule has 5 heteroatoms. The number of rotatable bonds is 4. The molecule has 2 heterocycles. The van der Waals surface area contributed by atoms with Crippen molar-refractivity contribution < 1.29 is 9.32 Å². The van der Waals surface area contributed by atoms with Crippen molar-refractivity contribution in [3.8, 4) is 0 Å². The molecule has 0 atom stereocenters. The van der Waals surface area contributed by atoms with Gasteiger partial charge in [0.2, 0.25) is 0 Å². The molecule has 0 aliphatic heterocycles. The second kappa shape index (κ2) is 7.03. The number of pyridine rings is 1. The molecule has 4 aromatic rings. The van der Waals surface area contributed by atoms with Crippen molar-refractivity contribution in [3.63, 3.8) is 0 Å². The highest BCUT2D eigenvalue weighted by Gasteiger charge is 2.24. The van der Waals surface area contributed by atoms with E-state index < -0.39 is 0 Å². The van der Waals surface area contributed by atoms with E-state index in [0.717, 1.165) is 16.9 Å². The van der Waals surface area contributed by atoms with Gasteiger partial charge in [-0.15, -0.1) is 0 Å². The zero-order valence-electron chi connectivity index (χ0n) is 15.2. The maximum Gasteiger partial charge on any atom is 0.259 e. The number of hydrogen-bond donors (Lipinski definition) is 0. The normalized spacial score (nSPS) is 10.9. The van der Waals surface area contributed by atoms with Crippen LogP contribution in [0.5, 0.6) is 0 Å². The molecule has 0 fully saturated rings. The second-order valence-corrected chi connectivity index (χ2v) is 6.47. The summed E-state index contributed by atoms with van der Waals surface area (Å²) in [4.78, 5) is 19.7. The lowest BCUT2D eigenvalue weighted by Gasteiger charge is -2.23. The predicted octanol–water partition coefficient (Wildman–Crippen LogP) is 4.69. The smallest absolute Gasteiger partial charge is 0.259 e. The van der Waals surface area contributed by atoms with E-state index >= 15 is 0 Å². The number of aromatic nitrogens is 2. The van der Waals surface area contributed by atoms with E-state index in [4.69, 9.17) is 4.52 Å². The number of carbonyl (C=O) groups is 1. The first-order chi connectivity index (χ1) is 13.1. The van der Waals surface area contributed by atoms with Gasteiger partial charge in [-0.3, -0.25) is 4.79 Å². The molecule has 134 valence electrons. The van der Waals surface area contributed by atoms with Gasteiger partial charge in [-0.05, 0) is 37.6 Å². The molecule has 5 nitrogen and oxygen atoms in total. The molecule has 27 heavy (non-hydrogen) atoms. The molecule has 0 aliphatic rings. The van der Waals surface area contributed by atoms with Crippen LogP contribution >= 0.6 is 0 Å². The van der Waals surface area contributed by atoms with E-state index in [1.165, 1.54) is 0 Å². The molecule has 1 amide bonds. The number of anilines is 1. The summed E-state index contributed by atoms with van der Waals surface area (Å²) in [5.41, 5.74) is 4.21. The fourth-order valence-corrected chi connectivity index (χ4v) is 3.19. The largest absolute Gasteiger partial charge is 0.336 e. The highest BCUT2D eigenvalue weighted by atomic mass is 16.5. The molecule has 0 bridgehead atoms. The van der Waals surface area contributed by atoms with Crippen LogP contribution in [0.25, 0.3) is 11.1 Å². The topological polar surface area (TPSA) is 59.2 Å². The first kappa shape index (κ1) is 17.0. The predicted molar refractivity (Wildman–Crippen MR) is 105 cm³/mol. The molecular weight excluding hydrogens is 338 g/mol. The van der Waals surface area contributed by atoms with Gasteiger partial charge in [-0.1, -0.05) is 53.7 Å². The van der Waals surface area contributed by atoms with E-state index in [2.05, 4.69) is 10.1 Å². The quantitative estimate of drug-likeness (QED) is 0.532. The Labute approximate surface area is 157 Å². The average Bonchev–Trinajstić information content (AvgIpc) is 3.07. The number of carbonyl (C=O) groups excluding carboxylic acids is 1. The van der Waals surface area contributed by atoms with Gasteiger partial charge in [0.1, 0.15) is 0 Å². The Hall–Kier alpha value is -3.47. The van der Waals surface area contributed by atoms with Gasteiger partial charge >= 0.3 is 0 Å². The van der Waals surface area contributed by atoms with Crippen LogP contribution in [-0.4, -0.2) is 16.0 Å². The van der Waals surface area contributed by atoms with Crippen LogP contribution in [0.1, 0.15) is 27.3 Å². The van der Waals surface area contributed by atoms with Gasteiger partial charge in [-0.2, -0.15) is 0 Å². The average molecular weight is 357 g/mol. The van der Waals surface area contributed by atoms with Crippen LogP contribution in [-0.2, 0) is 6.54 Å². The zero-order chi connectivity index (χ0) is 18.8. The Kier molecular flexibility index (Phi) is 4.42. The van der Waals surface area contributed by atoms with Gasteiger partial charge in [0.15, 0.2) is 0 Å². The molecular formula is C22H19N3O2. The molecule has 0 radical (unpaired) electrons. The molecule has 0 saturated carbocycles. The lowest BCUT2D eigenvalue weighted by Crippen LogP contribution is -2.30. The maximum atomic E-state index is 13.6. The van der Waals surface area contributed by atoms with Crippen molar-refractivity contribution in [2.24, 2.45) is 0 Å². The summed E-state index contributed by atoms with van der Waals surface area (Å²) in [7, 11) is 0. The second-order valence-electron chi connectivity index (χ2n) is 6.47. The Morgan fingerprint density at radius 2 is 1.67 bits per heavy atom. The lowest BCUT2D eigenvalue weighted by atomic mass is 10.1. The van der Waals surface area contributed by atoms with Crippen LogP contribution in [0.3, 0.4) is 0 Å². The summed E-state index contributed by atoms with van der Waals surface area (Å²) in [5.74, 6) is -0.105. The van der Waals surface area contributed by atoms with Crippen LogP contribution in [0, 0.1) is 13.8 Å². The first-order valence-corrected chi connectivity index (χ1v) is 8.78. The van der Waals surface area contributed by atoms with Crippen molar-refractivity contribution in [2.45, 2.75) is 20.4 Å². The Bertz CT molecular complexity index is 1090. The zero-order valence-corrected chi connectivity index (χ0v) is 15.2. The molecule has 0 aliphatic carbocycles. The van der Waals surface area contributed by atoms with Gasteiger partial charge < -0.3 is 9.42 Å². The fourth-order valence-electron chi connectivity index (χ4n) is 3.19. The highest BCUT2D eigenvalue weighted by Crippen LogP contribution is 2.26. The van der Waals surface area contributed by atoms with E-state index in [9.17, 15) is 4.79 Å². The fraction of sp³-hybridized carbons (Fsp3) is 0.136.